The van der Waals surface area contributed by atoms with E-state index in [-0.39, 0.29) is 0 Å². The Hall–Kier alpha value is -1.61. The van der Waals surface area contributed by atoms with Crippen LogP contribution in [0, 0.1) is 0 Å². The Balaban J connectivity index is 2.09. The molecule has 2 aromatic rings. The van der Waals surface area contributed by atoms with Crippen LogP contribution in [-0.2, 0) is 12.8 Å². The van der Waals surface area contributed by atoms with Crippen molar-refractivity contribution in [3.05, 3.63) is 41.9 Å². The van der Waals surface area contributed by atoms with E-state index < -0.39 is 0 Å². The summed E-state index contributed by atoms with van der Waals surface area (Å²) in [5.41, 5.74) is 9.05. The Morgan fingerprint density at radius 1 is 1.11 bits per heavy atom. The second-order valence-corrected chi connectivity index (χ2v) is 4.83. The first kappa shape index (κ1) is 13.8. The molecule has 0 saturated carbocycles. The molecule has 0 unspecified atom stereocenters. The summed E-state index contributed by atoms with van der Waals surface area (Å²) in [6.07, 6.45) is 5.44. The second kappa shape index (κ2) is 7.10. The van der Waals surface area contributed by atoms with E-state index in [1.165, 1.54) is 17.7 Å². The standard InChI is InChI=1S/C16H23N3/c1-2-14-16(13-9-5-3-6-10-13)19-15(18-14)11-7-4-8-12-17/h3,5-6,9-10H,2,4,7-8,11-12,17H2,1H3,(H,18,19). The first-order chi connectivity index (χ1) is 9.35. The first-order valence-corrected chi connectivity index (χ1v) is 7.18. The summed E-state index contributed by atoms with van der Waals surface area (Å²) < 4.78 is 0. The zero-order chi connectivity index (χ0) is 13.5. The Morgan fingerprint density at radius 2 is 1.89 bits per heavy atom. The third-order valence-corrected chi connectivity index (χ3v) is 3.35. The lowest BCUT2D eigenvalue weighted by Gasteiger charge is -1.98. The predicted octanol–water partition coefficient (Wildman–Crippen LogP) is 3.31. The largest absolute Gasteiger partial charge is 0.345 e. The minimum Gasteiger partial charge on any atom is -0.345 e. The average Bonchev–Trinajstić information content (AvgIpc) is 2.88. The zero-order valence-electron chi connectivity index (χ0n) is 11.7. The summed E-state index contributed by atoms with van der Waals surface area (Å²) in [6, 6.07) is 10.4. The predicted molar refractivity (Wildman–Crippen MR) is 80.0 cm³/mol. The number of unbranched alkanes of at least 4 members (excludes halogenated alkanes) is 2. The van der Waals surface area contributed by atoms with Crippen molar-refractivity contribution in [2.75, 3.05) is 6.54 Å². The van der Waals surface area contributed by atoms with Crippen LogP contribution < -0.4 is 5.73 Å². The van der Waals surface area contributed by atoms with Crippen molar-refractivity contribution in [2.45, 2.75) is 39.0 Å². The zero-order valence-corrected chi connectivity index (χ0v) is 11.7. The molecule has 102 valence electrons. The number of rotatable bonds is 7. The van der Waals surface area contributed by atoms with Crippen LogP contribution in [0.1, 0.15) is 37.7 Å². The van der Waals surface area contributed by atoms with Crippen LogP contribution in [0.5, 0.6) is 0 Å². The first-order valence-electron chi connectivity index (χ1n) is 7.18. The van der Waals surface area contributed by atoms with Gasteiger partial charge >= 0.3 is 0 Å². The number of imidazole rings is 1. The summed E-state index contributed by atoms with van der Waals surface area (Å²) in [5, 5.41) is 0. The lowest BCUT2D eigenvalue weighted by Crippen LogP contribution is -1.98. The van der Waals surface area contributed by atoms with Crippen LogP contribution in [0.3, 0.4) is 0 Å². The van der Waals surface area contributed by atoms with E-state index in [1.54, 1.807) is 0 Å². The number of hydrogen-bond acceptors (Lipinski definition) is 2. The molecule has 3 N–H and O–H groups in total. The van der Waals surface area contributed by atoms with Crippen LogP contribution >= 0.6 is 0 Å². The van der Waals surface area contributed by atoms with E-state index in [4.69, 9.17) is 10.7 Å². The van der Waals surface area contributed by atoms with Crippen LogP contribution in [-0.4, -0.2) is 16.5 Å². The molecule has 0 bridgehead atoms. The van der Waals surface area contributed by atoms with Crippen molar-refractivity contribution >= 4 is 0 Å². The van der Waals surface area contributed by atoms with E-state index in [0.29, 0.717) is 0 Å². The summed E-state index contributed by atoms with van der Waals surface area (Å²) in [6.45, 7) is 2.95. The molecule has 0 atom stereocenters. The van der Waals surface area contributed by atoms with Crippen LogP contribution in [0.15, 0.2) is 30.3 Å². The highest BCUT2D eigenvalue weighted by atomic mass is 14.9. The Bertz CT molecular complexity index is 488. The SMILES string of the molecule is CCc1[nH]c(CCCCCN)nc1-c1ccccc1. The fraction of sp³-hybridized carbons (Fsp3) is 0.438. The fourth-order valence-corrected chi connectivity index (χ4v) is 2.29. The van der Waals surface area contributed by atoms with Crippen molar-refractivity contribution in [3.8, 4) is 11.3 Å². The van der Waals surface area contributed by atoms with Gasteiger partial charge in [0, 0.05) is 17.7 Å². The van der Waals surface area contributed by atoms with Gasteiger partial charge in [0.2, 0.25) is 0 Å². The molecule has 0 aliphatic heterocycles. The summed E-state index contributed by atoms with van der Waals surface area (Å²) in [5.74, 6) is 1.10. The molecule has 1 heterocycles. The number of aryl methyl sites for hydroxylation is 2. The monoisotopic (exact) mass is 257 g/mol. The van der Waals surface area contributed by atoms with Gasteiger partial charge in [0.1, 0.15) is 5.82 Å². The molecule has 0 spiro atoms. The molecule has 3 nitrogen and oxygen atoms in total. The van der Waals surface area contributed by atoms with Crippen molar-refractivity contribution in [1.29, 1.82) is 0 Å². The number of H-pyrrole nitrogens is 1. The van der Waals surface area contributed by atoms with E-state index in [1.807, 2.05) is 6.07 Å². The van der Waals surface area contributed by atoms with Crippen molar-refractivity contribution in [1.82, 2.24) is 9.97 Å². The molecular formula is C16H23N3. The van der Waals surface area contributed by atoms with Gasteiger partial charge in [-0.2, -0.15) is 0 Å². The minimum absolute atomic E-state index is 0.785. The van der Waals surface area contributed by atoms with E-state index in [2.05, 4.69) is 36.2 Å². The second-order valence-electron chi connectivity index (χ2n) is 4.83. The maximum atomic E-state index is 5.51. The van der Waals surface area contributed by atoms with Crippen LogP contribution in [0.4, 0.5) is 0 Å². The fourth-order valence-electron chi connectivity index (χ4n) is 2.29. The topological polar surface area (TPSA) is 54.7 Å². The third-order valence-electron chi connectivity index (χ3n) is 3.35. The smallest absolute Gasteiger partial charge is 0.106 e. The number of nitrogens with two attached hydrogens (primary N) is 1. The molecular weight excluding hydrogens is 234 g/mol. The average molecular weight is 257 g/mol. The van der Waals surface area contributed by atoms with Gasteiger partial charge in [-0.15, -0.1) is 0 Å². The molecule has 0 amide bonds. The Morgan fingerprint density at radius 3 is 2.58 bits per heavy atom. The quantitative estimate of drug-likeness (QED) is 0.748. The van der Waals surface area contributed by atoms with Crippen LogP contribution in [0.25, 0.3) is 11.3 Å². The molecule has 1 aromatic heterocycles. The molecule has 3 heteroatoms. The molecule has 0 fully saturated rings. The van der Waals surface area contributed by atoms with Gasteiger partial charge < -0.3 is 10.7 Å². The van der Waals surface area contributed by atoms with Crippen molar-refractivity contribution in [3.63, 3.8) is 0 Å². The Labute approximate surface area is 115 Å². The number of nitrogens with one attached hydrogen (secondary N) is 1. The molecule has 0 saturated heterocycles. The van der Waals surface area contributed by atoms with E-state index in [0.717, 1.165) is 43.7 Å². The number of nitrogens with zero attached hydrogens (tertiary/aromatic N) is 1. The molecule has 0 radical (unpaired) electrons. The maximum Gasteiger partial charge on any atom is 0.106 e. The van der Waals surface area contributed by atoms with E-state index >= 15 is 0 Å². The highest BCUT2D eigenvalue weighted by Crippen LogP contribution is 2.22. The molecule has 19 heavy (non-hydrogen) atoms. The van der Waals surface area contributed by atoms with E-state index in [9.17, 15) is 0 Å². The van der Waals surface area contributed by atoms with Crippen molar-refractivity contribution < 1.29 is 0 Å². The Kier molecular flexibility index (Phi) is 5.16. The van der Waals surface area contributed by atoms with Gasteiger partial charge in [-0.05, 0) is 25.8 Å². The summed E-state index contributed by atoms with van der Waals surface area (Å²) in [4.78, 5) is 8.23. The number of aromatic amines is 1. The van der Waals surface area contributed by atoms with Gasteiger partial charge in [-0.3, -0.25) is 0 Å². The highest BCUT2D eigenvalue weighted by molar-refractivity contribution is 5.61. The number of hydrogen-bond donors (Lipinski definition) is 2. The van der Waals surface area contributed by atoms with Gasteiger partial charge in [-0.1, -0.05) is 43.7 Å². The number of benzene rings is 1. The normalized spacial score (nSPS) is 10.8. The lowest BCUT2D eigenvalue weighted by molar-refractivity contribution is 0.672. The van der Waals surface area contributed by atoms with Gasteiger partial charge in [0.25, 0.3) is 0 Å². The number of aromatic nitrogens is 2. The van der Waals surface area contributed by atoms with Gasteiger partial charge in [0.05, 0.1) is 5.69 Å². The lowest BCUT2D eigenvalue weighted by atomic mass is 10.1. The molecule has 0 aliphatic carbocycles. The molecule has 0 aliphatic rings. The summed E-state index contributed by atoms with van der Waals surface area (Å²) in [7, 11) is 0. The van der Waals surface area contributed by atoms with Crippen LogP contribution in [0.2, 0.25) is 0 Å². The molecule has 1 aromatic carbocycles. The maximum absolute atomic E-state index is 5.51. The van der Waals surface area contributed by atoms with Crippen molar-refractivity contribution in [2.24, 2.45) is 5.73 Å². The summed E-state index contributed by atoms with van der Waals surface area (Å²) >= 11 is 0. The van der Waals surface area contributed by atoms with Gasteiger partial charge in [-0.25, -0.2) is 4.98 Å². The van der Waals surface area contributed by atoms with Gasteiger partial charge in [0.15, 0.2) is 0 Å². The molecule has 2 rings (SSSR count). The third kappa shape index (κ3) is 3.67. The highest BCUT2D eigenvalue weighted by Gasteiger charge is 2.10. The minimum atomic E-state index is 0.785.